The molecule has 0 amide bonds. The number of carbonyl (C=O) groups is 3. The average molecular weight is 369 g/mol. The largest absolute Gasteiger partial charge is 0.508 e. The number of carboxylic acids is 1. The van der Waals surface area contributed by atoms with Crippen LogP contribution in [-0.4, -0.2) is 59.0 Å². The molecule has 4 unspecified atom stereocenters. The monoisotopic (exact) mass is 369 g/mol. The summed E-state index contributed by atoms with van der Waals surface area (Å²) in [6.07, 6.45) is -0.874. The number of hydrogen-bond donors (Lipinski definition) is 5. The van der Waals surface area contributed by atoms with E-state index in [1.165, 1.54) is 19.1 Å². The molecule has 0 radical (unpaired) electrons. The summed E-state index contributed by atoms with van der Waals surface area (Å²) in [5, 5.41) is 17.8. The Hall–Kier alpha value is -2.69. The van der Waals surface area contributed by atoms with Gasteiger partial charge in [-0.2, -0.15) is 0 Å². The van der Waals surface area contributed by atoms with Crippen molar-refractivity contribution < 1.29 is 34.1 Å². The zero-order chi connectivity index (χ0) is 19.9. The predicted molar refractivity (Wildman–Crippen MR) is 89.9 cm³/mol. The molecule has 0 aliphatic heterocycles. The fourth-order valence-corrected chi connectivity index (χ4v) is 1.84. The molecular formula is C16H23N3O7. The molecule has 0 saturated carbocycles. The standard InChI is InChI=1S/C16H23N3O7/c1-8(13(19)16(24)25-7-12(18)14(21)22)26-15(23)11(17)6-9-2-4-10(20)5-3-9/h2-5,8,11-13,20H,6-7,17-19H2,1H3,(H,21,22). The van der Waals surface area contributed by atoms with Gasteiger partial charge in [0.15, 0.2) is 0 Å². The Bertz CT molecular complexity index is 635. The molecule has 0 fully saturated rings. The number of nitrogens with two attached hydrogens (primary N) is 3. The molecule has 144 valence electrons. The molecule has 26 heavy (non-hydrogen) atoms. The van der Waals surface area contributed by atoms with Gasteiger partial charge in [-0.1, -0.05) is 12.1 Å². The highest BCUT2D eigenvalue weighted by Crippen LogP contribution is 2.12. The van der Waals surface area contributed by atoms with Crippen LogP contribution in [0.3, 0.4) is 0 Å². The minimum Gasteiger partial charge on any atom is -0.508 e. The lowest BCUT2D eigenvalue weighted by Crippen LogP contribution is -2.47. The normalized spacial score (nSPS) is 15.4. The molecule has 1 aromatic carbocycles. The first-order chi connectivity index (χ1) is 12.1. The number of hydrogen-bond acceptors (Lipinski definition) is 9. The van der Waals surface area contributed by atoms with E-state index in [-0.39, 0.29) is 12.2 Å². The summed E-state index contributed by atoms with van der Waals surface area (Å²) in [5.41, 5.74) is 17.3. The highest BCUT2D eigenvalue weighted by atomic mass is 16.6. The Morgan fingerprint density at radius 1 is 1.04 bits per heavy atom. The van der Waals surface area contributed by atoms with E-state index < -0.39 is 48.7 Å². The van der Waals surface area contributed by atoms with Crippen molar-refractivity contribution in [3.8, 4) is 5.75 Å². The van der Waals surface area contributed by atoms with E-state index in [4.69, 9.17) is 27.0 Å². The number of aromatic hydroxyl groups is 1. The molecule has 0 bridgehead atoms. The molecule has 8 N–H and O–H groups in total. The van der Waals surface area contributed by atoms with Crippen LogP contribution in [0.1, 0.15) is 12.5 Å². The van der Waals surface area contributed by atoms with Crippen LogP contribution in [0.15, 0.2) is 24.3 Å². The van der Waals surface area contributed by atoms with Crippen molar-refractivity contribution in [3.63, 3.8) is 0 Å². The van der Waals surface area contributed by atoms with Crippen LogP contribution < -0.4 is 17.2 Å². The second kappa shape index (κ2) is 9.70. The zero-order valence-corrected chi connectivity index (χ0v) is 14.2. The minimum atomic E-state index is -1.37. The molecule has 10 nitrogen and oxygen atoms in total. The highest BCUT2D eigenvalue weighted by molar-refractivity contribution is 5.79. The van der Waals surface area contributed by atoms with Gasteiger partial charge in [0.25, 0.3) is 0 Å². The first-order valence-corrected chi connectivity index (χ1v) is 7.76. The van der Waals surface area contributed by atoms with Crippen LogP contribution >= 0.6 is 0 Å². The van der Waals surface area contributed by atoms with Crippen molar-refractivity contribution in [1.82, 2.24) is 0 Å². The average Bonchev–Trinajstić information content (AvgIpc) is 2.60. The number of esters is 2. The Morgan fingerprint density at radius 2 is 1.62 bits per heavy atom. The van der Waals surface area contributed by atoms with Crippen LogP contribution in [0.5, 0.6) is 5.75 Å². The number of carboxylic acid groups (broad SMARTS) is 1. The van der Waals surface area contributed by atoms with Crippen molar-refractivity contribution in [2.45, 2.75) is 37.6 Å². The molecule has 0 spiro atoms. The lowest BCUT2D eigenvalue weighted by atomic mass is 10.1. The Labute approximate surface area is 149 Å². The van der Waals surface area contributed by atoms with Crippen molar-refractivity contribution in [2.75, 3.05) is 6.61 Å². The summed E-state index contributed by atoms with van der Waals surface area (Å²) in [7, 11) is 0. The summed E-state index contributed by atoms with van der Waals surface area (Å²) in [4.78, 5) is 34.3. The molecular weight excluding hydrogens is 346 g/mol. The second-order valence-electron chi connectivity index (χ2n) is 5.72. The van der Waals surface area contributed by atoms with Crippen molar-refractivity contribution in [3.05, 3.63) is 29.8 Å². The van der Waals surface area contributed by atoms with Crippen LogP contribution in [0.2, 0.25) is 0 Å². The number of phenols is 1. The molecule has 0 heterocycles. The number of ether oxygens (including phenoxy) is 2. The van der Waals surface area contributed by atoms with Gasteiger partial charge in [-0.05, 0) is 31.0 Å². The second-order valence-corrected chi connectivity index (χ2v) is 5.72. The smallest absolute Gasteiger partial charge is 0.326 e. The van der Waals surface area contributed by atoms with Crippen LogP contribution in [-0.2, 0) is 30.3 Å². The summed E-state index contributed by atoms with van der Waals surface area (Å²) in [5.74, 6) is -2.96. The topological polar surface area (TPSA) is 188 Å². The Kier molecular flexibility index (Phi) is 7.97. The predicted octanol–water partition coefficient (Wildman–Crippen LogP) is -1.52. The van der Waals surface area contributed by atoms with Gasteiger partial charge in [-0.3, -0.25) is 14.4 Å². The van der Waals surface area contributed by atoms with Gasteiger partial charge < -0.3 is 36.9 Å². The quantitative estimate of drug-likeness (QED) is 0.319. The molecule has 10 heteroatoms. The number of rotatable bonds is 9. The molecule has 1 rings (SSSR count). The molecule has 0 aromatic heterocycles. The summed E-state index contributed by atoms with van der Waals surface area (Å²) in [6, 6.07) is 2.46. The van der Waals surface area contributed by atoms with Crippen LogP contribution in [0, 0.1) is 0 Å². The zero-order valence-electron chi connectivity index (χ0n) is 14.2. The fourth-order valence-electron chi connectivity index (χ4n) is 1.84. The Morgan fingerprint density at radius 3 is 2.15 bits per heavy atom. The van der Waals surface area contributed by atoms with E-state index in [0.29, 0.717) is 5.56 Å². The van der Waals surface area contributed by atoms with Crippen LogP contribution in [0.25, 0.3) is 0 Å². The molecule has 0 aliphatic rings. The van der Waals surface area contributed by atoms with E-state index in [9.17, 15) is 19.5 Å². The first kappa shape index (κ1) is 21.4. The maximum absolute atomic E-state index is 12.0. The third-order valence-corrected chi connectivity index (χ3v) is 3.50. The van der Waals surface area contributed by atoms with Crippen molar-refractivity contribution >= 4 is 17.9 Å². The van der Waals surface area contributed by atoms with Gasteiger partial charge in [0.1, 0.15) is 36.6 Å². The number of phenolic OH excluding ortho intramolecular Hbond substituents is 1. The third-order valence-electron chi connectivity index (χ3n) is 3.50. The first-order valence-electron chi connectivity index (χ1n) is 7.76. The summed E-state index contributed by atoms with van der Waals surface area (Å²) < 4.78 is 9.74. The molecule has 4 atom stereocenters. The van der Waals surface area contributed by atoms with E-state index in [1.807, 2.05) is 0 Å². The van der Waals surface area contributed by atoms with Crippen LogP contribution in [0.4, 0.5) is 0 Å². The van der Waals surface area contributed by atoms with Gasteiger partial charge in [0, 0.05) is 0 Å². The van der Waals surface area contributed by atoms with Gasteiger partial charge >= 0.3 is 17.9 Å². The summed E-state index contributed by atoms with van der Waals surface area (Å²) >= 11 is 0. The number of benzene rings is 1. The summed E-state index contributed by atoms with van der Waals surface area (Å²) in [6.45, 7) is 0.830. The van der Waals surface area contributed by atoms with E-state index in [1.54, 1.807) is 12.1 Å². The minimum absolute atomic E-state index is 0.0885. The van der Waals surface area contributed by atoms with E-state index >= 15 is 0 Å². The van der Waals surface area contributed by atoms with Gasteiger partial charge in [0.2, 0.25) is 0 Å². The lowest BCUT2D eigenvalue weighted by molar-refractivity contribution is -0.157. The fraction of sp³-hybridized carbons (Fsp3) is 0.438. The van der Waals surface area contributed by atoms with E-state index in [2.05, 4.69) is 4.74 Å². The molecule has 0 aliphatic carbocycles. The number of aliphatic carboxylic acids is 1. The van der Waals surface area contributed by atoms with Gasteiger partial charge in [-0.15, -0.1) is 0 Å². The highest BCUT2D eigenvalue weighted by Gasteiger charge is 2.28. The van der Waals surface area contributed by atoms with Crippen molar-refractivity contribution in [2.24, 2.45) is 17.2 Å². The third kappa shape index (κ3) is 6.67. The maximum atomic E-state index is 12.0. The molecule has 1 aromatic rings. The van der Waals surface area contributed by atoms with Gasteiger partial charge in [-0.25, -0.2) is 0 Å². The van der Waals surface area contributed by atoms with Gasteiger partial charge in [0.05, 0.1) is 0 Å². The van der Waals surface area contributed by atoms with Crippen molar-refractivity contribution in [1.29, 1.82) is 0 Å². The Balaban J connectivity index is 2.49. The SMILES string of the molecule is CC(OC(=O)C(N)Cc1ccc(O)cc1)C(N)C(=O)OCC(N)C(=O)O. The molecule has 0 saturated heterocycles. The number of carbonyl (C=O) groups excluding carboxylic acids is 2. The maximum Gasteiger partial charge on any atom is 0.326 e. The lowest BCUT2D eigenvalue weighted by Gasteiger charge is -2.21. The van der Waals surface area contributed by atoms with E-state index in [0.717, 1.165) is 0 Å².